The van der Waals surface area contributed by atoms with Crippen molar-refractivity contribution >= 4 is 11.7 Å². The summed E-state index contributed by atoms with van der Waals surface area (Å²) in [5.41, 5.74) is 5.82. The summed E-state index contributed by atoms with van der Waals surface area (Å²) in [7, 11) is 2.17. The van der Waals surface area contributed by atoms with E-state index in [1.807, 2.05) is 19.1 Å². The highest BCUT2D eigenvalue weighted by molar-refractivity contribution is 5.90. The molecule has 0 bridgehead atoms. The molecule has 4 heteroatoms. The predicted octanol–water partition coefficient (Wildman–Crippen LogP) is 4.24. The summed E-state index contributed by atoms with van der Waals surface area (Å²) < 4.78 is 5.24. The summed E-state index contributed by atoms with van der Waals surface area (Å²) in [5, 5.41) is 0. The second kappa shape index (κ2) is 7.01. The molecular weight excluding hydrogens is 336 g/mol. The second-order valence-corrected chi connectivity index (χ2v) is 7.85. The van der Waals surface area contributed by atoms with Crippen LogP contribution in [0.2, 0.25) is 0 Å². The number of hydrogen-bond acceptors (Lipinski definition) is 4. The zero-order chi connectivity index (χ0) is 19.1. The third-order valence-corrected chi connectivity index (χ3v) is 5.87. The highest BCUT2D eigenvalue weighted by atomic mass is 16.5. The number of carbonyl (C=O) groups is 1. The van der Waals surface area contributed by atoms with Crippen LogP contribution in [0.25, 0.3) is 0 Å². The smallest absolute Gasteiger partial charge is 0.338 e. The molecule has 0 amide bonds. The first-order valence-corrected chi connectivity index (χ1v) is 9.90. The molecule has 0 spiro atoms. The number of rotatable bonds is 3. The van der Waals surface area contributed by atoms with Gasteiger partial charge in [0.1, 0.15) is 0 Å². The molecule has 0 radical (unpaired) electrons. The van der Waals surface area contributed by atoms with E-state index in [2.05, 4.69) is 61.0 Å². The molecule has 2 heterocycles. The van der Waals surface area contributed by atoms with Crippen molar-refractivity contribution < 1.29 is 9.53 Å². The van der Waals surface area contributed by atoms with Crippen molar-refractivity contribution in [3.63, 3.8) is 0 Å². The van der Waals surface area contributed by atoms with Crippen LogP contribution in [-0.4, -0.2) is 37.2 Å². The van der Waals surface area contributed by atoms with Crippen LogP contribution >= 0.6 is 0 Å². The number of ether oxygens (including phenoxy) is 1. The molecule has 0 N–H and O–H groups in total. The van der Waals surface area contributed by atoms with Crippen molar-refractivity contribution in [2.45, 2.75) is 39.4 Å². The van der Waals surface area contributed by atoms with Gasteiger partial charge in [0.25, 0.3) is 0 Å². The van der Waals surface area contributed by atoms with Gasteiger partial charge in [-0.2, -0.15) is 0 Å². The monoisotopic (exact) mass is 364 g/mol. The van der Waals surface area contributed by atoms with Crippen molar-refractivity contribution in [3.05, 3.63) is 64.7 Å². The Morgan fingerprint density at radius 1 is 1.19 bits per heavy atom. The van der Waals surface area contributed by atoms with Gasteiger partial charge in [0.15, 0.2) is 0 Å². The van der Waals surface area contributed by atoms with E-state index in [1.54, 1.807) is 0 Å². The molecule has 1 unspecified atom stereocenters. The molecule has 0 saturated carbocycles. The Balaban J connectivity index is 1.89. The first-order valence-electron chi connectivity index (χ1n) is 9.90. The number of fused-ring (bicyclic) bond motifs is 5. The Kier molecular flexibility index (Phi) is 4.68. The molecule has 2 aromatic carbocycles. The van der Waals surface area contributed by atoms with E-state index in [4.69, 9.17) is 4.74 Å². The van der Waals surface area contributed by atoms with Crippen molar-refractivity contribution in [3.8, 4) is 0 Å². The molecule has 2 aliphatic rings. The van der Waals surface area contributed by atoms with Gasteiger partial charge in [0.05, 0.1) is 24.4 Å². The Morgan fingerprint density at radius 3 is 2.70 bits per heavy atom. The number of hydrogen-bond donors (Lipinski definition) is 0. The summed E-state index contributed by atoms with van der Waals surface area (Å²) in [6.45, 7) is 7.84. The third-order valence-electron chi connectivity index (χ3n) is 5.87. The van der Waals surface area contributed by atoms with Crippen molar-refractivity contribution in [2.24, 2.45) is 5.92 Å². The lowest BCUT2D eigenvalue weighted by molar-refractivity contribution is 0.0525. The molecule has 0 fully saturated rings. The lowest BCUT2D eigenvalue weighted by atomic mass is 9.83. The van der Waals surface area contributed by atoms with E-state index in [-0.39, 0.29) is 12.0 Å². The fraction of sp³-hybridized carbons (Fsp3) is 0.435. The van der Waals surface area contributed by atoms with E-state index >= 15 is 0 Å². The van der Waals surface area contributed by atoms with Crippen LogP contribution in [0.1, 0.15) is 53.9 Å². The SMILES string of the molecule is CCOC(=O)c1ccc2c(c1)[C@H]1c3ccccc3CCN1C(C(C)C)N2C. The maximum atomic E-state index is 12.3. The molecule has 0 saturated heterocycles. The summed E-state index contributed by atoms with van der Waals surface area (Å²) in [5.74, 6) is 0.255. The molecule has 4 nitrogen and oxygen atoms in total. The fourth-order valence-corrected chi connectivity index (χ4v) is 4.85. The Hall–Kier alpha value is -2.33. The average Bonchev–Trinajstić information content (AvgIpc) is 2.67. The number of carbonyl (C=O) groups excluding carboxylic acids is 1. The number of benzene rings is 2. The van der Waals surface area contributed by atoms with E-state index < -0.39 is 0 Å². The molecular formula is C23H28N2O2. The van der Waals surface area contributed by atoms with Gasteiger partial charge in [-0.1, -0.05) is 38.1 Å². The van der Waals surface area contributed by atoms with Crippen LogP contribution < -0.4 is 4.90 Å². The van der Waals surface area contributed by atoms with Gasteiger partial charge in [0.2, 0.25) is 0 Å². The second-order valence-electron chi connectivity index (χ2n) is 7.85. The van der Waals surface area contributed by atoms with Crippen LogP contribution in [0.5, 0.6) is 0 Å². The standard InChI is InChI=1S/C23H28N2O2/c1-5-27-23(26)17-10-11-20-19(14-17)21-18-9-7-6-8-16(18)12-13-25(21)22(15(2)3)24(20)4/h6-11,14-15,21-22H,5,12-13H2,1-4H3/t21-,22?/m1/s1. The van der Waals surface area contributed by atoms with Gasteiger partial charge in [0, 0.05) is 19.3 Å². The lowest BCUT2D eigenvalue weighted by Crippen LogP contribution is -2.57. The van der Waals surface area contributed by atoms with E-state index in [0.717, 1.165) is 13.0 Å². The first kappa shape index (κ1) is 18.1. The van der Waals surface area contributed by atoms with Crippen LogP contribution in [0, 0.1) is 5.92 Å². The number of anilines is 1. The first-order chi connectivity index (χ1) is 13.0. The van der Waals surface area contributed by atoms with Gasteiger partial charge in [-0.05, 0) is 54.2 Å². The zero-order valence-electron chi connectivity index (χ0n) is 16.6. The highest BCUT2D eigenvalue weighted by Crippen LogP contribution is 2.46. The van der Waals surface area contributed by atoms with Crippen molar-refractivity contribution in [2.75, 3.05) is 25.1 Å². The van der Waals surface area contributed by atoms with Crippen molar-refractivity contribution in [1.29, 1.82) is 0 Å². The Labute approximate surface area is 161 Å². The minimum absolute atomic E-state index is 0.183. The number of esters is 1. The molecule has 0 aliphatic carbocycles. The fourth-order valence-electron chi connectivity index (χ4n) is 4.85. The summed E-state index contributed by atoms with van der Waals surface area (Å²) in [6, 6.07) is 14.9. The van der Waals surface area contributed by atoms with Crippen LogP contribution in [0.4, 0.5) is 5.69 Å². The Bertz CT molecular complexity index is 861. The molecule has 4 rings (SSSR count). The van der Waals surface area contributed by atoms with Gasteiger partial charge in [-0.25, -0.2) is 4.79 Å². The van der Waals surface area contributed by atoms with E-state index in [9.17, 15) is 4.79 Å². The minimum atomic E-state index is -0.246. The topological polar surface area (TPSA) is 32.8 Å². The van der Waals surface area contributed by atoms with E-state index in [1.165, 1.54) is 22.4 Å². The molecule has 0 aromatic heterocycles. The van der Waals surface area contributed by atoms with Gasteiger partial charge in [-0.3, -0.25) is 4.90 Å². The van der Waals surface area contributed by atoms with Crippen molar-refractivity contribution in [1.82, 2.24) is 4.90 Å². The molecule has 2 atom stereocenters. The van der Waals surface area contributed by atoms with Gasteiger partial charge < -0.3 is 9.64 Å². The maximum absolute atomic E-state index is 12.3. The lowest BCUT2D eigenvalue weighted by Gasteiger charge is -2.52. The van der Waals surface area contributed by atoms with Crippen LogP contribution in [0.15, 0.2) is 42.5 Å². The number of nitrogens with zero attached hydrogens (tertiary/aromatic N) is 2. The quantitative estimate of drug-likeness (QED) is 0.763. The summed E-state index contributed by atoms with van der Waals surface area (Å²) in [6.07, 6.45) is 1.40. The molecule has 142 valence electrons. The zero-order valence-corrected chi connectivity index (χ0v) is 16.6. The predicted molar refractivity (Wildman–Crippen MR) is 108 cm³/mol. The average molecular weight is 364 g/mol. The summed E-state index contributed by atoms with van der Waals surface area (Å²) >= 11 is 0. The maximum Gasteiger partial charge on any atom is 0.338 e. The highest BCUT2D eigenvalue weighted by Gasteiger charge is 2.42. The largest absolute Gasteiger partial charge is 0.462 e. The van der Waals surface area contributed by atoms with Crippen LogP contribution in [0.3, 0.4) is 0 Å². The summed E-state index contributed by atoms with van der Waals surface area (Å²) in [4.78, 5) is 17.3. The van der Waals surface area contributed by atoms with Gasteiger partial charge >= 0.3 is 5.97 Å². The molecule has 2 aliphatic heterocycles. The molecule has 27 heavy (non-hydrogen) atoms. The minimum Gasteiger partial charge on any atom is -0.462 e. The molecule has 2 aromatic rings. The normalized spacial score (nSPS) is 21.4. The third kappa shape index (κ3) is 2.92. The van der Waals surface area contributed by atoms with Gasteiger partial charge in [-0.15, -0.1) is 0 Å². The van der Waals surface area contributed by atoms with Crippen LogP contribution in [-0.2, 0) is 11.2 Å². The Morgan fingerprint density at radius 2 is 1.96 bits per heavy atom. The van der Waals surface area contributed by atoms with E-state index in [0.29, 0.717) is 24.3 Å².